The third-order valence-corrected chi connectivity index (χ3v) is 5.28. The van der Waals surface area contributed by atoms with Crippen LogP contribution in [0.2, 0.25) is 0 Å². The normalized spacial score (nSPS) is 10.6. The minimum absolute atomic E-state index is 0.166. The Kier molecular flexibility index (Phi) is 4.59. The average Bonchev–Trinajstić information content (AvgIpc) is 2.67. The maximum absolute atomic E-state index is 12.1. The molecule has 0 N–H and O–H groups in total. The molecule has 2 aromatic heterocycles. The van der Waals surface area contributed by atoms with E-state index in [1.807, 2.05) is 32.0 Å². The van der Waals surface area contributed by atoms with Crippen molar-refractivity contribution in [3.63, 3.8) is 0 Å². The van der Waals surface area contributed by atoms with Crippen molar-refractivity contribution in [1.29, 1.82) is 0 Å². The molecule has 2 aromatic rings. The molecule has 0 radical (unpaired) electrons. The Hall–Kier alpha value is -0.650. The molecule has 0 fully saturated rings. The highest BCUT2D eigenvalue weighted by atomic mass is 79.9. The molecule has 0 aliphatic carbocycles. The number of ketones is 1. The Bertz CT molecular complexity index is 580. The van der Waals surface area contributed by atoms with Gasteiger partial charge in [0.05, 0.1) is 5.75 Å². The lowest BCUT2D eigenvalue weighted by Crippen LogP contribution is -2.02. The fourth-order valence-electron chi connectivity index (χ4n) is 1.60. The number of thioether (sulfide) groups is 1. The van der Waals surface area contributed by atoms with Crippen LogP contribution in [0.1, 0.15) is 20.1 Å². The fraction of sp³-hybridized carbons (Fsp3) is 0.231. The molecular formula is C13H12BrNOS2. The predicted molar refractivity (Wildman–Crippen MR) is 80.8 cm³/mol. The molecule has 94 valence electrons. The molecule has 2 rings (SSSR count). The van der Waals surface area contributed by atoms with Crippen molar-refractivity contribution in [3.8, 4) is 0 Å². The van der Waals surface area contributed by atoms with Crippen LogP contribution >= 0.6 is 39.0 Å². The van der Waals surface area contributed by atoms with E-state index in [-0.39, 0.29) is 5.78 Å². The molecule has 0 unspecified atom stereocenters. The van der Waals surface area contributed by atoms with Gasteiger partial charge in [-0.15, -0.1) is 11.3 Å². The Morgan fingerprint density at radius 1 is 1.50 bits per heavy atom. The van der Waals surface area contributed by atoms with Gasteiger partial charge in [0.1, 0.15) is 5.03 Å². The molecule has 0 bridgehead atoms. The van der Waals surface area contributed by atoms with E-state index in [0.717, 1.165) is 19.9 Å². The zero-order chi connectivity index (χ0) is 13.1. The quantitative estimate of drug-likeness (QED) is 0.605. The molecule has 0 amide bonds. The summed E-state index contributed by atoms with van der Waals surface area (Å²) in [6.07, 6.45) is 1.73. The van der Waals surface area contributed by atoms with E-state index in [1.54, 1.807) is 17.5 Å². The minimum Gasteiger partial charge on any atom is -0.293 e. The zero-order valence-corrected chi connectivity index (χ0v) is 13.3. The molecule has 0 saturated heterocycles. The minimum atomic E-state index is 0.166. The lowest BCUT2D eigenvalue weighted by atomic mass is 10.2. The maximum Gasteiger partial charge on any atom is 0.174 e. The molecule has 2 nitrogen and oxygen atoms in total. The summed E-state index contributed by atoms with van der Waals surface area (Å²) in [7, 11) is 0. The summed E-state index contributed by atoms with van der Waals surface area (Å²) in [6, 6.07) is 5.76. The molecule has 0 aliphatic rings. The van der Waals surface area contributed by atoms with Crippen LogP contribution in [0.25, 0.3) is 0 Å². The fourth-order valence-corrected chi connectivity index (χ4v) is 3.90. The first-order valence-corrected chi connectivity index (χ1v) is 8.01. The van der Waals surface area contributed by atoms with Gasteiger partial charge >= 0.3 is 0 Å². The highest BCUT2D eigenvalue weighted by molar-refractivity contribution is 9.10. The average molecular weight is 342 g/mol. The van der Waals surface area contributed by atoms with Crippen LogP contribution in [0.5, 0.6) is 0 Å². The molecule has 0 spiro atoms. The second kappa shape index (κ2) is 5.99. The summed E-state index contributed by atoms with van der Waals surface area (Å²) >= 11 is 6.56. The summed E-state index contributed by atoms with van der Waals surface area (Å²) in [4.78, 5) is 18.6. The first-order chi connectivity index (χ1) is 8.58. The Labute approximate surface area is 123 Å². The van der Waals surface area contributed by atoms with Gasteiger partial charge < -0.3 is 0 Å². The van der Waals surface area contributed by atoms with Gasteiger partial charge in [-0.3, -0.25) is 4.79 Å². The zero-order valence-electron chi connectivity index (χ0n) is 10.1. The highest BCUT2D eigenvalue weighted by Crippen LogP contribution is 2.27. The van der Waals surface area contributed by atoms with Gasteiger partial charge in [-0.2, -0.15) is 0 Å². The first kappa shape index (κ1) is 13.8. The van der Waals surface area contributed by atoms with Gasteiger partial charge in [-0.1, -0.05) is 11.8 Å². The van der Waals surface area contributed by atoms with Crippen LogP contribution in [-0.4, -0.2) is 16.5 Å². The summed E-state index contributed by atoms with van der Waals surface area (Å²) in [5.74, 6) is 0.589. The summed E-state index contributed by atoms with van der Waals surface area (Å²) in [5, 5.41) is 0.857. The van der Waals surface area contributed by atoms with E-state index in [9.17, 15) is 4.79 Å². The van der Waals surface area contributed by atoms with Crippen LogP contribution in [0, 0.1) is 13.8 Å². The number of carbonyl (C=O) groups is 1. The van der Waals surface area contributed by atoms with Crippen LogP contribution in [0.3, 0.4) is 0 Å². The first-order valence-electron chi connectivity index (χ1n) is 5.41. The second-order valence-electron chi connectivity index (χ2n) is 3.83. The summed E-state index contributed by atoms with van der Waals surface area (Å²) in [5.41, 5.74) is 0.844. The number of thiophene rings is 1. The van der Waals surface area contributed by atoms with Crippen LogP contribution in [0.4, 0.5) is 0 Å². The third kappa shape index (κ3) is 3.22. The number of carbonyl (C=O) groups excluding carboxylic acids is 1. The predicted octanol–water partition coefficient (Wildman–Crippen LogP) is 4.50. The third-order valence-electron chi connectivity index (χ3n) is 2.41. The van der Waals surface area contributed by atoms with Gasteiger partial charge in [0.15, 0.2) is 5.78 Å². The van der Waals surface area contributed by atoms with E-state index in [1.165, 1.54) is 16.6 Å². The van der Waals surface area contributed by atoms with Crippen molar-refractivity contribution in [1.82, 2.24) is 4.98 Å². The topological polar surface area (TPSA) is 30.0 Å². The van der Waals surface area contributed by atoms with E-state index < -0.39 is 0 Å². The summed E-state index contributed by atoms with van der Waals surface area (Å²) in [6.45, 7) is 4.02. The van der Waals surface area contributed by atoms with Crippen LogP contribution < -0.4 is 0 Å². The number of halogens is 1. The molecule has 0 aliphatic heterocycles. The van der Waals surface area contributed by atoms with Gasteiger partial charge in [-0.05, 0) is 48.0 Å². The number of pyridine rings is 1. The van der Waals surface area contributed by atoms with E-state index in [0.29, 0.717) is 5.75 Å². The molecule has 5 heteroatoms. The molecular weight excluding hydrogens is 330 g/mol. The van der Waals surface area contributed by atoms with Gasteiger partial charge in [0.25, 0.3) is 0 Å². The largest absolute Gasteiger partial charge is 0.293 e. The number of hydrogen-bond acceptors (Lipinski definition) is 4. The Morgan fingerprint density at radius 2 is 2.28 bits per heavy atom. The molecule has 0 aromatic carbocycles. The van der Waals surface area contributed by atoms with Crippen molar-refractivity contribution >= 4 is 44.8 Å². The second-order valence-corrected chi connectivity index (χ2v) is 7.11. The van der Waals surface area contributed by atoms with Crippen LogP contribution in [-0.2, 0) is 0 Å². The Balaban J connectivity index is 2.05. The molecule has 0 saturated carbocycles. The lowest BCUT2D eigenvalue weighted by Gasteiger charge is -2.02. The summed E-state index contributed by atoms with van der Waals surface area (Å²) < 4.78 is 0.932. The number of rotatable bonds is 4. The molecule has 18 heavy (non-hydrogen) atoms. The number of Topliss-reactive ketones (excluding diaryl/α,β-unsaturated/α-hetero) is 1. The monoisotopic (exact) mass is 341 g/mol. The molecule has 0 atom stereocenters. The number of aryl methyl sites for hydroxylation is 2. The van der Waals surface area contributed by atoms with Crippen LogP contribution in [0.15, 0.2) is 33.9 Å². The van der Waals surface area contributed by atoms with Crippen molar-refractivity contribution < 1.29 is 4.79 Å². The number of hydrogen-bond donors (Lipinski definition) is 0. The van der Waals surface area contributed by atoms with E-state index >= 15 is 0 Å². The number of aromatic nitrogens is 1. The SMILES string of the molecule is Cc1cc(C(=O)CSc2ncccc2Br)c(C)s1. The smallest absolute Gasteiger partial charge is 0.174 e. The number of nitrogens with zero attached hydrogens (tertiary/aromatic N) is 1. The van der Waals surface area contributed by atoms with Gasteiger partial charge in [0.2, 0.25) is 0 Å². The van der Waals surface area contributed by atoms with Gasteiger partial charge in [-0.25, -0.2) is 4.98 Å². The lowest BCUT2D eigenvalue weighted by molar-refractivity contribution is 0.102. The van der Waals surface area contributed by atoms with E-state index in [4.69, 9.17) is 0 Å². The maximum atomic E-state index is 12.1. The highest BCUT2D eigenvalue weighted by Gasteiger charge is 2.13. The van der Waals surface area contributed by atoms with Crippen molar-refractivity contribution in [2.75, 3.05) is 5.75 Å². The standard InChI is InChI=1S/C13H12BrNOS2/c1-8-6-10(9(2)18-8)12(16)7-17-13-11(14)4-3-5-15-13/h3-6H,7H2,1-2H3. The van der Waals surface area contributed by atoms with Gasteiger partial charge in [0, 0.05) is 26.0 Å². The van der Waals surface area contributed by atoms with Crippen molar-refractivity contribution in [2.24, 2.45) is 0 Å². The van der Waals surface area contributed by atoms with E-state index in [2.05, 4.69) is 20.9 Å². The van der Waals surface area contributed by atoms with Crippen molar-refractivity contribution in [2.45, 2.75) is 18.9 Å². The Morgan fingerprint density at radius 3 is 2.89 bits per heavy atom. The molecule has 2 heterocycles. The van der Waals surface area contributed by atoms with Crippen molar-refractivity contribution in [3.05, 3.63) is 44.2 Å².